The maximum atomic E-state index is 4.42. The number of nitrogens with zero attached hydrogens (tertiary/aromatic N) is 3. The van der Waals surface area contributed by atoms with Crippen LogP contribution >= 0.6 is 0 Å². The number of imidazole rings is 1. The van der Waals surface area contributed by atoms with E-state index in [4.69, 9.17) is 0 Å². The second kappa shape index (κ2) is 3.41. The van der Waals surface area contributed by atoms with Crippen molar-refractivity contribution in [1.82, 2.24) is 19.9 Å². The van der Waals surface area contributed by atoms with E-state index in [1.807, 2.05) is 12.1 Å². The van der Waals surface area contributed by atoms with Crippen molar-refractivity contribution in [3.8, 4) is 11.4 Å². The molecule has 0 unspecified atom stereocenters. The van der Waals surface area contributed by atoms with E-state index in [0.717, 1.165) is 16.9 Å². The lowest BCUT2D eigenvalue weighted by Gasteiger charge is -1.97. The molecule has 16 heavy (non-hydrogen) atoms. The predicted molar refractivity (Wildman–Crippen MR) is 61.9 cm³/mol. The van der Waals surface area contributed by atoms with Crippen LogP contribution in [-0.4, -0.2) is 19.9 Å². The summed E-state index contributed by atoms with van der Waals surface area (Å²) < 4.78 is 0. The average Bonchev–Trinajstić information content (AvgIpc) is 2.72. The predicted octanol–water partition coefficient (Wildman–Crippen LogP) is 2.33. The molecule has 3 aromatic rings. The van der Waals surface area contributed by atoms with Gasteiger partial charge in [-0.3, -0.25) is 0 Å². The zero-order valence-electron chi connectivity index (χ0n) is 8.81. The number of rotatable bonds is 1. The Kier molecular flexibility index (Phi) is 1.93. The van der Waals surface area contributed by atoms with Crippen LogP contribution in [0.1, 0.15) is 5.56 Å². The first-order valence-corrected chi connectivity index (χ1v) is 5.06. The Balaban J connectivity index is 2.19. The van der Waals surface area contributed by atoms with Crippen LogP contribution in [0.4, 0.5) is 0 Å². The van der Waals surface area contributed by atoms with Crippen molar-refractivity contribution in [2.45, 2.75) is 6.92 Å². The molecule has 0 fully saturated rings. The minimum absolute atomic E-state index is 0.700. The fourth-order valence-electron chi connectivity index (χ4n) is 1.69. The summed E-state index contributed by atoms with van der Waals surface area (Å²) in [6.07, 6.45) is 3.23. The summed E-state index contributed by atoms with van der Waals surface area (Å²) in [7, 11) is 0. The molecular weight excluding hydrogens is 200 g/mol. The van der Waals surface area contributed by atoms with Crippen molar-refractivity contribution in [2.75, 3.05) is 0 Å². The van der Waals surface area contributed by atoms with E-state index in [-0.39, 0.29) is 0 Å². The fourth-order valence-corrected chi connectivity index (χ4v) is 1.69. The normalized spacial score (nSPS) is 10.8. The minimum atomic E-state index is 0.700. The molecular formula is C12H10N4. The van der Waals surface area contributed by atoms with Gasteiger partial charge in [0, 0.05) is 5.56 Å². The molecule has 0 amide bonds. The number of fused-ring (bicyclic) bond motifs is 1. The molecule has 2 heterocycles. The van der Waals surface area contributed by atoms with E-state index in [0.29, 0.717) is 5.65 Å². The Hall–Kier alpha value is -2.23. The summed E-state index contributed by atoms with van der Waals surface area (Å²) in [5.74, 6) is 0.833. The first-order chi connectivity index (χ1) is 7.83. The molecule has 0 aliphatic carbocycles. The largest absolute Gasteiger partial charge is 0.335 e. The number of hydrogen-bond donors (Lipinski definition) is 1. The van der Waals surface area contributed by atoms with Gasteiger partial charge in [0.2, 0.25) is 0 Å². The van der Waals surface area contributed by atoms with Crippen molar-refractivity contribution < 1.29 is 0 Å². The Morgan fingerprint density at radius 2 is 2.19 bits per heavy atom. The Morgan fingerprint density at radius 1 is 1.25 bits per heavy atom. The van der Waals surface area contributed by atoms with Gasteiger partial charge in [-0.1, -0.05) is 23.8 Å². The van der Waals surface area contributed by atoms with Gasteiger partial charge in [0.05, 0.1) is 6.20 Å². The van der Waals surface area contributed by atoms with Crippen molar-refractivity contribution in [3.05, 3.63) is 42.4 Å². The molecule has 2 aromatic heterocycles. The molecule has 3 rings (SSSR count). The molecule has 0 atom stereocenters. The van der Waals surface area contributed by atoms with E-state index in [9.17, 15) is 0 Å². The van der Waals surface area contributed by atoms with Crippen molar-refractivity contribution in [1.29, 1.82) is 0 Å². The lowest BCUT2D eigenvalue weighted by Crippen LogP contribution is -1.81. The lowest BCUT2D eigenvalue weighted by atomic mass is 10.1. The van der Waals surface area contributed by atoms with Crippen LogP contribution in [0.5, 0.6) is 0 Å². The summed E-state index contributed by atoms with van der Waals surface area (Å²) in [6, 6.07) is 8.19. The summed E-state index contributed by atoms with van der Waals surface area (Å²) >= 11 is 0. The third kappa shape index (κ3) is 1.44. The highest BCUT2D eigenvalue weighted by Crippen LogP contribution is 2.19. The van der Waals surface area contributed by atoms with Gasteiger partial charge in [-0.05, 0) is 13.0 Å². The molecule has 1 N–H and O–H groups in total. The maximum absolute atomic E-state index is 4.42. The minimum Gasteiger partial charge on any atom is -0.335 e. The second-order valence-corrected chi connectivity index (χ2v) is 3.71. The fraction of sp³-hybridized carbons (Fsp3) is 0.0833. The van der Waals surface area contributed by atoms with Gasteiger partial charge in [-0.25, -0.2) is 15.0 Å². The number of benzene rings is 1. The van der Waals surface area contributed by atoms with E-state index >= 15 is 0 Å². The maximum Gasteiger partial charge on any atom is 0.181 e. The Morgan fingerprint density at radius 3 is 3.00 bits per heavy atom. The molecule has 0 aliphatic rings. The van der Waals surface area contributed by atoms with Gasteiger partial charge in [0.15, 0.2) is 5.65 Å². The van der Waals surface area contributed by atoms with Gasteiger partial charge < -0.3 is 4.98 Å². The van der Waals surface area contributed by atoms with E-state index in [1.165, 1.54) is 11.9 Å². The van der Waals surface area contributed by atoms with Crippen LogP contribution in [0.3, 0.4) is 0 Å². The highest BCUT2D eigenvalue weighted by Gasteiger charge is 2.05. The zero-order valence-corrected chi connectivity index (χ0v) is 8.81. The van der Waals surface area contributed by atoms with E-state index in [1.54, 1.807) is 6.20 Å². The number of aromatic amines is 1. The number of hydrogen-bond acceptors (Lipinski definition) is 3. The third-order valence-corrected chi connectivity index (χ3v) is 2.45. The number of nitrogens with one attached hydrogen (secondary N) is 1. The Labute approximate surface area is 92.4 Å². The van der Waals surface area contributed by atoms with Crippen molar-refractivity contribution in [2.24, 2.45) is 0 Å². The SMILES string of the molecule is Cc1cccc(-c2nc3ncncc3[nH]2)c1. The lowest BCUT2D eigenvalue weighted by molar-refractivity contribution is 1.20. The van der Waals surface area contributed by atoms with Gasteiger partial charge in [0.25, 0.3) is 0 Å². The van der Waals surface area contributed by atoms with Crippen LogP contribution < -0.4 is 0 Å². The van der Waals surface area contributed by atoms with Crippen LogP contribution in [0, 0.1) is 6.92 Å². The summed E-state index contributed by atoms with van der Waals surface area (Å²) in [4.78, 5) is 15.7. The average molecular weight is 210 g/mol. The van der Waals surface area contributed by atoms with Crippen molar-refractivity contribution in [3.63, 3.8) is 0 Å². The molecule has 0 radical (unpaired) electrons. The first kappa shape index (κ1) is 9.03. The van der Waals surface area contributed by atoms with E-state index < -0.39 is 0 Å². The molecule has 1 aromatic carbocycles. The highest BCUT2D eigenvalue weighted by molar-refractivity contribution is 5.74. The third-order valence-electron chi connectivity index (χ3n) is 2.45. The molecule has 0 spiro atoms. The van der Waals surface area contributed by atoms with Gasteiger partial charge >= 0.3 is 0 Å². The molecule has 0 aliphatic heterocycles. The smallest absolute Gasteiger partial charge is 0.181 e. The quantitative estimate of drug-likeness (QED) is 0.670. The Bertz CT molecular complexity index is 609. The summed E-state index contributed by atoms with van der Waals surface area (Å²) in [5.41, 5.74) is 3.84. The van der Waals surface area contributed by atoms with E-state index in [2.05, 4.69) is 39.0 Å². The van der Waals surface area contributed by atoms with Crippen LogP contribution in [-0.2, 0) is 0 Å². The van der Waals surface area contributed by atoms with Crippen molar-refractivity contribution >= 4 is 11.2 Å². The highest BCUT2D eigenvalue weighted by atomic mass is 15.0. The molecule has 4 nitrogen and oxygen atoms in total. The number of aryl methyl sites for hydroxylation is 1. The summed E-state index contributed by atoms with van der Waals surface area (Å²) in [5, 5.41) is 0. The monoisotopic (exact) mass is 210 g/mol. The molecule has 0 saturated heterocycles. The van der Waals surface area contributed by atoms with Crippen LogP contribution in [0.2, 0.25) is 0 Å². The topological polar surface area (TPSA) is 54.5 Å². The van der Waals surface area contributed by atoms with Gasteiger partial charge in [-0.15, -0.1) is 0 Å². The molecule has 4 heteroatoms. The van der Waals surface area contributed by atoms with Crippen LogP contribution in [0.25, 0.3) is 22.6 Å². The zero-order chi connectivity index (χ0) is 11.0. The first-order valence-electron chi connectivity index (χ1n) is 5.06. The standard InChI is InChI=1S/C12H10N4/c1-8-3-2-4-9(5-8)11-15-10-6-13-7-14-12(10)16-11/h2-7H,1H3,(H,13,14,15,16). The molecule has 78 valence electrons. The van der Waals surface area contributed by atoms with Gasteiger partial charge in [-0.2, -0.15) is 0 Å². The molecule has 0 bridgehead atoms. The van der Waals surface area contributed by atoms with Crippen LogP contribution in [0.15, 0.2) is 36.8 Å². The second-order valence-electron chi connectivity index (χ2n) is 3.71. The molecule has 0 saturated carbocycles. The van der Waals surface area contributed by atoms with Gasteiger partial charge in [0.1, 0.15) is 17.7 Å². The number of aromatic nitrogens is 4. The number of H-pyrrole nitrogens is 1. The summed E-state index contributed by atoms with van der Waals surface area (Å²) in [6.45, 7) is 2.06.